The quantitative estimate of drug-likeness (QED) is 0.939. The minimum Gasteiger partial charge on any atom is -0.378 e. The fourth-order valence-electron chi connectivity index (χ4n) is 1.28. The van der Waals surface area contributed by atoms with E-state index in [0.29, 0.717) is 0 Å². The largest absolute Gasteiger partial charge is 0.378 e. The molecule has 2 heterocycles. The van der Waals surface area contributed by atoms with E-state index < -0.39 is 0 Å². The Morgan fingerprint density at radius 2 is 2.31 bits per heavy atom. The van der Waals surface area contributed by atoms with Crippen LogP contribution >= 0.6 is 27.3 Å². The zero-order chi connectivity index (χ0) is 11.4. The lowest BCUT2D eigenvalue weighted by molar-refractivity contribution is 1.09. The number of thiazole rings is 1. The number of anilines is 1. The summed E-state index contributed by atoms with van der Waals surface area (Å²) in [6.45, 7) is 2.90. The topological polar surface area (TPSA) is 37.8 Å². The number of nitrogens with one attached hydrogen (secondary N) is 1. The fourth-order valence-corrected chi connectivity index (χ4v) is 2.48. The summed E-state index contributed by atoms with van der Waals surface area (Å²) >= 11 is 5.20. The molecule has 0 atom stereocenters. The number of pyridine rings is 1. The molecule has 5 heteroatoms. The molecule has 1 N–H and O–H groups in total. The van der Waals surface area contributed by atoms with Crippen molar-refractivity contribution in [1.82, 2.24) is 9.97 Å². The minimum absolute atomic E-state index is 0.757. The van der Waals surface area contributed by atoms with Crippen molar-refractivity contribution in [1.29, 1.82) is 0 Å². The Balaban J connectivity index is 1.99. The lowest BCUT2D eigenvalue weighted by Crippen LogP contribution is -1.99. The predicted octanol–water partition coefficient (Wildman–Crippen LogP) is 3.48. The third kappa shape index (κ3) is 2.80. The molecule has 0 bridgehead atoms. The Bertz CT molecular complexity index is 470. The molecular formula is C11H12BrN3S. The Kier molecular flexibility index (Phi) is 3.90. The average molecular weight is 298 g/mol. The van der Waals surface area contributed by atoms with E-state index in [0.717, 1.165) is 28.1 Å². The lowest BCUT2D eigenvalue weighted by atomic mass is 10.4. The van der Waals surface area contributed by atoms with Crippen molar-refractivity contribution in [2.75, 3.05) is 5.32 Å². The van der Waals surface area contributed by atoms with Gasteiger partial charge in [0.05, 0.1) is 16.7 Å². The molecule has 2 aromatic heterocycles. The molecule has 16 heavy (non-hydrogen) atoms. The second-order valence-electron chi connectivity index (χ2n) is 3.28. The Morgan fingerprint density at radius 3 is 3.00 bits per heavy atom. The number of aromatic nitrogens is 2. The lowest BCUT2D eigenvalue weighted by Gasteiger charge is -2.05. The van der Waals surface area contributed by atoms with E-state index in [4.69, 9.17) is 0 Å². The van der Waals surface area contributed by atoms with Crippen molar-refractivity contribution in [2.24, 2.45) is 0 Å². The van der Waals surface area contributed by atoms with Crippen LogP contribution in [0.2, 0.25) is 0 Å². The number of hydrogen-bond acceptors (Lipinski definition) is 4. The predicted molar refractivity (Wildman–Crippen MR) is 70.8 cm³/mol. The second kappa shape index (κ2) is 5.41. The van der Waals surface area contributed by atoms with E-state index in [9.17, 15) is 0 Å². The van der Waals surface area contributed by atoms with Gasteiger partial charge < -0.3 is 5.32 Å². The molecule has 0 aliphatic carbocycles. The van der Waals surface area contributed by atoms with E-state index in [1.807, 2.05) is 12.3 Å². The Hall–Kier alpha value is -0.940. The number of halogens is 1. The molecule has 0 saturated carbocycles. The van der Waals surface area contributed by atoms with Gasteiger partial charge in [0.25, 0.3) is 0 Å². The fraction of sp³-hybridized carbons (Fsp3) is 0.273. The smallest absolute Gasteiger partial charge is 0.112 e. The maximum absolute atomic E-state index is 4.36. The summed E-state index contributed by atoms with van der Waals surface area (Å²) in [5, 5.41) is 4.44. The van der Waals surface area contributed by atoms with Crippen LogP contribution < -0.4 is 5.32 Å². The van der Waals surface area contributed by atoms with Crippen LogP contribution in [0.5, 0.6) is 0 Å². The van der Waals surface area contributed by atoms with E-state index in [1.165, 1.54) is 4.88 Å². The van der Waals surface area contributed by atoms with Gasteiger partial charge in [-0.2, -0.15) is 0 Å². The standard InChI is InChI=1S/C11H12BrN3S/c1-2-8-5-15-11(16-8)7-14-10-3-4-13-6-9(10)12/h3-6H,2,7H2,1H3,(H,13,14). The first-order valence-corrected chi connectivity index (χ1v) is 6.67. The highest BCUT2D eigenvalue weighted by Gasteiger charge is 2.02. The molecule has 2 aromatic rings. The Labute approximate surface area is 107 Å². The summed E-state index contributed by atoms with van der Waals surface area (Å²) in [6, 6.07) is 1.94. The third-order valence-electron chi connectivity index (χ3n) is 2.15. The highest BCUT2D eigenvalue weighted by atomic mass is 79.9. The van der Waals surface area contributed by atoms with Gasteiger partial charge in [-0.25, -0.2) is 4.98 Å². The molecule has 3 nitrogen and oxygen atoms in total. The van der Waals surface area contributed by atoms with Crippen LogP contribution in [0.25, 0.3) is 0 Å². The zero-order valence-electron chi connectivity index (χ0n) is 8.90. The summed E-state index contributed by atoms with van der Waals surface area (Å²) < 4.78 is 0.974. The summed E-state index contributed by atoms with van der Waals surface area (Å²) in [5.41, 5.74) is 1.04. The number of hydrogen-bond donors (Lipinski definition) is 1. The van der Waals surface area contributed by atoms with Crippen molar-refractivity contribution in [3.63, 3.8) is 0 Å². The van der Waals surface area contributed by atoms with Crippen molar-refractivity contribution in [2.45, 2.75) is 19.9 Å². The molecule has 0 unspecified atom stereocenters. The first-order chi connectivity index (χ1) is 7.79. The van der Waals surface area contributed by atoms with Gasteiger partial charge in [0, 0.05) is 23.5 Å². The van der Waals surface area contributed by atoms with E-state index in [-0.39, 0.29) is 0 Å². The maximum Gasteiger partial charge on any atom is 0.112 e. The number of rotatable bonds is 4. The molecule has 0 amide bonds. The zero-order valence-corrected chi connectivity index (χ0v) is 11.3. The van der Waals surface area contributed by atoms with Gasteiger partial charge in [0.1, 0.15) is 5.01 Å². The van der Waals surface area contributed by atoms with Crippen LogP contribution in [0.3, 0.4) is 0 Å². The summed E-state index contributed by atoms with van der Waals surface area (Å²) in [7, 11) is 0. The summed E-state index contributed by atoms with van der Waals surface area (Å²) in [5.74, 6) is 0. The molecule has 2 rings (SSSR count). The highest BCUT2D eigenvalue weighted by molar-refractivity contribution is 9.10. The molecule has 0 aliphatic heterocycles. The van der Waals surface area contributed by atoms with Gasteiger partial charge in [-0.3, -0.25) is 4.98 Å². The Morgan fingerprint density at radius 1 is 1.44 bits per heavy atom. The average Bonchev–Trinajstić information content (AvgIpc) is 2.76. The molecule has 0 aliphatic rings. The maximum atomic E-state index is 4.36. The van der Waals surface area contributed by atoms with Gasteiger partial charge in [-0.1, -0.05) is 6.92 Å². The third-order valence-corrected chi connectivity index (χ3v) is 3.93. The number of nitrogens with zero attached hydrogens (tertiary/aromatic N) is 2. The van der Waals surface area contributed by atoms with Crippen LogP contribution in [-0.2, 0) is 13.0 Å². The SMILES string of the molecule is CCc1cnc(CNc2ccncc2Br)s1. The normalized spacial score (nSPS) is 10.4. The van der Waals surface area contributed by atoms with Crippen LogP contribution in [0.1, 0.15) is 16.8 Å². The minimum atomic E-state index is 0.757. The van der Waals surface area contributed by atoms with E-state index in [2.05, 4.69) is 38.1 Å². The van der Waals surface area contributed by atoms with Crippen LogP contribution in [0.15, 0.2) is 29.1 Å². The van der Waals surface area contributed by atoms with Crippen LogP contribution in [0.4, 0.5) is 5.69 Å². The van der Waals surface area contributed by atoms with Gasteiger partial charge in [0.15, 0.2) is 0 Å². The summed E-state index contributed by atoms with van der Waals surface area (Å²) in [6.07, 6.45) is 6.55. The highest BCUT2D eigenvalue weighted by Crippen LogP contribution is 2.21. The number of aryl methyl sites for hydroxylation is 1. The van der Waals surface area contributed by atoms with Crippen LogP contribution in [0, 0.1) is 0 Å². The molecule has 0 radical (unpaired) electrons. The van der Waals surface area contributed by atoms with Gasteiger partial charge in [-0.15, -0.1) is 11.3 Å². The van der Waals surface area contributed by atoms with Gasteiger partial charge in [-0.05, 0) is 28.4 Å². The van der Waals surface area contributed by atoms with Crippen LogP contribution in [-0.4, -0.2) is 9.97 Å². The first kappa shape index (κ1) is 11.5. The molecule has 0 aromatic carbocycles. The van der Waals surface area contributed by atoms with E-state index >= 15 is 0 Å². The molecule has 0 saturated heterocycles. The molecular weight excluding hydrogens is 286 g/mol. The molecule has 84 valence electrons. The van der Waals surface area contributed by atoms with E-state index in [1.54, 1.807) is 23.7 Å². The summed E-state index contributed by atoms with van der Waals surface area (Å²) in [4.78, 5) is 9.70. The molecule has 0 spiro atoms. The van der Waals surface area contributed by atoms with Crippen molar-refractivity contribution in [3.8, 4) is 0 Å². The van der Waals surface area contributed by atoms with Gasteiger partial charge >= 0.3 is 0 Å². The first-order valence-electron chi connectivity index (χ1n) is 5.06. The van der Waals surface area contributed by atoms with Crippen molar-refractivity contribution < 1.29 is 0 Å². The molecule has 0 fully saturated rings. The van der Waals surface area contributed by atoms with Crippen molar-refractivity contribution in [3.05, 3.63) is 39.0 Å². The second-order valence-corrected chi connectivity index (χ2v) is 5.34. The van der Waals surface area contributed by atoms with Gasteiger partial charge in [0.2, 0.25) is 0 Å². The monoisotopic (exact) mass is 297 g/mol. The van der Waals surface area contributed by atoms with Crippen molar-refractivity contribution >= 4 is 33.0 Å².